The van der Waals surface area contributed by atoms with Gasteiger partial charge in [-0.3, -0.25) is 4.79 Å². The third kappa shape index (κ3) is 3.81. The lowest BCUT2D eigenvalue weighted by molar-refractivity contribution is 0.0839. The summed E-state index contributed by atoms with van der Waals surface area (Å²) in [5.41, 5.74) is 0.499. The lowest BCUT2D eigenvalue weighted by Gasteiger charge is -2.15. The van der Waals surface area contributed by atoms with Crippen LogP contribution in [0.2, 0.25) is 5.02 Å². The molecule has 1 amide bonds. The molecule has 0 bridgehead atoms. The zero-order chi connectivity index (χ0) is 12.0. The summed E-state index contributed by atoms with van der Waals surface area (Å²) in [4.78, 5) is 11.7. The molecule has 16 heavy (non-hydrogen) atoms. The molecular formula is C11H14ClNO3. The predicted octanol–water partition coefficient (Wildman–Crippen LogP) is 1.08. The van der Waals surface area contributed by atoms with Gasteiger partial charge in [-0.1, -0.05) is 11.6 Å². The van der Waals surface area contributed by atoms with E-state index in [2.05, 4.69) is 5.32 Å². The van der Waals surface area contributed by atoms with Crippen molar-refractivity contribution < 1.29 is 14.6 Å². The second kappa shape index (κ2) is 6.48. The van der Waals surface area contributed by atoms with Crippen molar-refractivity contribution >= 4 is 17.5 Å². The number of methoxy groups -OCH3 is 1. The highest BCUT2D eigenvalue weighted by Gasteiger charge is 2.12. The summed E-state index contributed by atoms with van der Waals surface area (Å²) in [6.07, 6.45) is 0. The molecule has 1 atom stereocenters. The number of aliphatic hydroxyl groups is 1. The monoisotopic (exact) mass is 243 g/mol. The van der Waals surface area contributed by atoms with Crippen LogP contribution in [0.5, 0.6) is 0 Å². The van der Waals surface area contributed by atoms with E-state index >= 15 is 0 Å². The van der Waals surface area contributed by atoms with Gasteiger partial charge in [0.15, 0.2) is 0 Å². The molecule has 5 heteroatoms. The van der Waals surface area contributed by atoms with Crippen LogP contribution in [0.4, 0.5) is 0 Å². The fraction of sp³-hybridized carbons (Fsp3) is 0.364. The van der Waals surface area contributed by atoms with Gasteiger partial charge in [0.2, 0.25) is 0 Å². The Bertz CT molecular complexity index is 340. The summed E-state index contributed by atoms with van der Waals surface area (Å²) < 4.78 is 4.85. The number of carbonyl (C=O) groups excluding carboxylic acids is 1. The van der Waals surface area contributed by atoms with Gasteiger partial charge < -0.3 is 15.2 Å². The van der Waals surface area contributed by atoms with Crippen molar-refractivity contribution in [3.05, 3.63) is 34.9 Å². The Hall–Kier alpha value is -1.10. The maximum Gasteiger partial charge on any atom is 0.251 e. The van der Waals surface area contributed by atoms with E-state index in [-0.39, 0.29) is 19.1 Å². The van der Waals surface area contributed by atoms with E-state index in [1.807, 2.05) is 0 Å². The number of benzene rings is 1. The first-order valence-electron chi connectivity index (χ1n) is 4.83. The third-order valence-electron chi connectivity index (χ3n) is 2.03. The normalized spacial score (nSPS) is 12.2. The van der Waals surface area contributed by atoms with Gasteiger partial charge in [0.05, 0.1) is 19.3 Å². The van der Waals surface area contributed by atoms with Crippen LogP contribution in [-0.4, -0.2) is 37.4 Å². The number of hydrogen-bond acceptors (Lipinski definition) is 3. The fourth-order valence-corrected chi connectivity index (χ4v) is 1.34. The Kier molecular flexibility index (Phi) is 5.25. The number of rotatable bonds is 5. The number of halogens is 1. The lowest BCUT2D eigenvalue weighted by Crippen LogP contribution is -2.40. The summed E-state index contributed by atoms with van der Waals surface area (Å²) in [7, 11) is 1.51. The number of aliphatic hydroxyl groups excluding tert-OH is 1. The summed E-state index contributed by atoms with van der Waals surface area (Å²) in [6, 6.07) is 6.13. The van der Waals surface area contributed by atoms with Gasteiger partial charge in [-0.25, -0.2) is 0 Å². The molecule has 0 aromatic heterocycles. The first kappa shape index (κ1) is 13.0. The molecule has 88 valence electrons. The summed E-state index contributed by atoms with van der Waals surface area (Å²) in [5, 5.41) is 12.2. The topological polar surface area (TPSA) is 58.6 Å². The molecule has 1 aromatic carbocycles. The van der Waals surface area contributed by atoms with Gasteiger partial charge in [0.25, 0.3) is 5.91 Å². The van der Waals surface area contributed by atoms with Gasteiger partial charge in [-0.05, 0) is 24.3 Å². The van der Waals surface area contributed by atoms with Crippen LogP contribution in [0.1, 0.15) is 10.4 Å². The number of amides is 1. The van der Waals surface area contributed by atoms with E-state index in [1.54, 1.807) is 24.3 Å². The highest BCUT2D eigenvalue weighted by atomic mass is 35.5. The molecule has 0 fully saturated rings. The molecule has 1 unspecified atom stereocenters. The number of nitrogens with one attached hydrogen (secondary N) is 1. The van der Waals surface area contributed by atoms with Crippen molar-refractivity contribution in [2.45, 2.75) is 6.04 Å². The minimum atomic E-state index is -0.395. The van der Waals surface area contributed by atoms with Gasteiger partial charge in [-0.15, -0.1) is 0 Å². The molecule has 0 spiro atoms. The zero-order valence-corrected chi connectivity index (χ0v) is 9.70. The standard InChI is InChI=1S/C11H14ClNO3/c1-16-7-10(6-14)13-11(15)8-2-4-9(12)5-3-8/h2-5,10,14H,6-7H2,1H3,(H,13,15). The molecule has 0 saturated heterocycles. The number of hydrogen-bond donors (Lipinski definition) is 2. The van der Waals surface area contributed by atoms with E-state index in [0.29, 0.717) is 10.6 Å². The van der Waals surface area contributed by atoms with Crippen molar-refractivity contribution in [3.8, 4) is 0 Å². The van der Waals surface area contributed by atoms with Crippen LogP contribution < -0.4 is 5.32 Å². The highest BCUT2D eigenvalue weighted by molar-refractivity contribution is 6.30. The maximum atomic E-state index is 11.7. The Labute approximate surface area is 99.2 Å². The van der Waals surface area contributed by atoms with Crippen LogP contribution in [0.25, 0.3) is 0 Å². The van der Waals surface area contributed by atoms with Crippen LogP contribution in [-0.2, 0) is 4.74 Å². The van der Waals surface area contributed by atoms with E-state index in [0.717, 1.165) is 0 Å². The Morgan fingerprint density at radius 3 is 2.62 bits per heavy atom. The quantitative estimate of drug-likeness (QED) is 0.814. The van der Waals surface area contributed by atoms with Crippen molar-refractivity contribution in [2.75, 3.05) is 20.3 Å². The van der Waals surface area contributed by atoms with Gasteiger partial charge in [-0.2, -0.15) is 0 Å². The molecule has 4 nitrogen and oxygen atoms in total. The Morgan fingerprint density at radius 1 is 1.50 bits per heavy atom. The number of carbonyl (C=O) groups is 1. The fourth-order valence-electron chi connectivity index (χ4n) is 1.21. The summed E-state index contributed by atoms with van der Waals surface area (Å²) >= 11 is 5.71. The first-order valence-corrected chi connectivity index (χ1v) is 5.21. The molecular weight excluding hydrogens is 230 g/mol. The molecule has 0 radical (unpaired) electrons. The van der Waals surface area contributed by atoms with Crippen molar-refractivity contribution in [1.29, 1.82) is 0 Å². The molecule has 0 aliphatic heterocycles. The Balaban J connectivity index is 2.60. The Morgan fingerprint density at radius 2 is 2.12 bits per heavy atom. The van der Waals surface area contributed by atoms with Crippen molar-refractivity contribution in [2.24, 2.45) is 0 Å². The molecule has 0 heterocycles. The SMILES string of the molecule is COCC(CO)NC(=O)c1ccc(Cl)cc1. The zero-order valence-electron chi connectivity index (χ0n) is 8.94. The van der Waals surface area contributed by atoms with E-state index in [9.17, 15) is 4.79 Å². The molecule has 1 rings (SSSR count). The second-order valence-electron chi connectivity index (χ2n) is 3.32. The van der Waals surface area contributed by atoms with E-state index in [1.165, 1.54) is 7.11 Å². The van der Waals surface area contributed by atoms with Crippen molar-refractivity contribution in [1.82, 2.24) is 5.32 Å². The average molecular weight is 244 g/mol. The third-order valence-corrected chi connectivity index (χ3v) is 2.28. The first-order chi connectivity index (χ1) is 7.67. The van der Waals surface area contributed by atoms with Gasteiger partial charge in [0, 0.05) is 17.7 Å². The lowest BCUT2D eigenvalue weighted by atomic mass is 10.2. The average Bonchev–Trinajstić information content (AvgIpc) is 2.29. The van der Waals surface area contributed by atoms with Crippen LogP contribution >= 0.6 is 11.6 Å². The van der Waals surface area contributed by atoms with Crippen LogP contribution in [0.15, 0.2) is 24.3 Å². The van der Waals surface area contributed by atoms with Crippen molar-refractivity contribution in [3.63, 3.8) is 0 Å². The van der Waals surface area contributed by atoms with Crippen LogP contribution in [0, 0.1) is 0 Å². The molecule has 0 saturated carbocycles. The number of ether oxygens (including phenoxy) is 1. The maximum absolute atomic E-state index is 11.7. The molecule has 0 aliphatic rings. The predicted molar refractivity (Wildman–Crippen MR) is 61.7 cm³/mol. The molecule has 1 aromatic rings. The molecule has 0 aliphatic carbocycles. The largest absolute Gasteiger partial charge is 0.394 e. The summed E-state index contributed by atoms with van der Waals surface area (Å²) in [5.74, 6) is -0.257. The molecule has 2 N–H and O–H groups in total. The summed E-state index contributed by atoms with van der Waals surface area (Å²) in [6.45, 7) is 0.114. The smallest absolute Gasteiger partial charge is 0.251 e. The minimum Gasteiger partial charge on any atom is -0.394 e. The van der Waals surface area contributed by atoms with E-state index < -0.39 is 6.04 Å². The second-order valence-corrected chi connectivity index (χ2v) is 3.75. The van der Waals surface area contributed by atoms with E-state index in [4.69, 9.17) is 21.4 Å². The highest BCUT2D eigenvalue weighted by Crippen LogP contribution is 2.09. The minimum absolute atomic E-state index is 0.160. The van der Waals surface area contributed by atoms with Gasteiger partial charge >= 0.3 is 0 Å². The van der Waals surface area contributed by atoms with Gasteiger partial charge in [0.1, 0.15) is 0 Å². The van der Waals surface area contributed by atoms with Crippen LogP contribution in [0.3, 0.4) is 0 Å².